The molecule has 0 amide bonds. The van der Waals surface area contributed by atoms with Crippen molar-refractivity contribution in [3.63, 3.8) is 0 Å². The van der Waals surface area contributed by atoms with Crippen molar-refractivity contribution in [3.8, 4) is 0 Å². The van der Waals surface area contributed by atoms with Crippen molar-refractivity contribution in [1.82, 2.24) is 51.5 Å². The molecule has 1 aliphatic carbocycles. The van der Waals surface area contributed by atoms with Crippen LogP contribution in [0.15, 0.2) is 89.4 Å². The van der Waals surface area contributed by atoms with Crippen molar-refractivity contribution in [2.45, 2.75) is 240 Å². The Morgan fingerprint density at radius 2 is 1.44 bits per heavy atom. The number of benzene rings is 2. The van der Waals surface area contributed by atoms with Crippen molar-refractivity contribution < 1.29 is 39.9 Å². The Morgan fingerprint density at radius 1 is 0.758 bits per heavy atom. The highest BCUT2D eigenvalue weighted by molar-refractivity contribution is 5.72. The van der Waals surface area contributed by atoms with Gasteiger partial charge in [0.25, 0.3) is 0 Å². The summed E-state index contributed by atoms with van der Waals surface area (Å²) < 4.78 is 118. The number of hydrogen-bond acceptors (Lipinski definition) is 12. The number of aliphatic imine (C=N–C) groups is 1. The second-order valence-electron chi connectivity index (χ2n) is 27.3. The Bertz CT molecular complexity index is 2650. The number of alkyl halides is 6. The maximum absolute atomic E-state index is 14.9. The minimum Gasteiger partial charge on any atom is -0.370 e. The maximum Gasteiger partial charge on any atom is 0.422 e. The quantitative estimate of drug-likeness (QED) is 0.102. The molecule has 4 unspecified atom stereocenters. The molecule has 3 heterocycles. The molecule has 3 aliphatic heterocycles. The van der Waals surface area contributed by atoms with Crippen LogP contribution in [0.2, 0.25) is 0 Å². The lowest BCUT2D eigenvalue weighted by molar-refractivity contribution is -0.142. The summed E-state index contributed by atoms with van der Waals surface area (Å²) in [6.07, 6.45) is 10.5. The van der Waals surface area contributed by atoms with E-state index in [0.29, 0.717) is 79.2 Å². The number of fused-ring (bicyclic) bond motifs is 2. The second kappa shape index (κ2) is 35.3. The SMILES string of the molecule is CCO[C@@H]1CNCC2(CCCC2)NC(C)[C@H]([C@@H](C)CC)N2C(C)[C@@H](C)C2CNC(C)[C@H](CC(C)C)NC[C@H]([C@@H](C)CC)NC[C@H](C)N2CCCC2=CN(CC)C(Cc2ccc(C(F)(F)F)cc2)=CN(C)C=CNC(CCc2cc(F)c(C(F)(F)F)c(F)c2)=CC=N1. The van der Waals surface area contributed by atoms with Crippen LogP contribution in [0.5, 0.6) is 0 Å². The number of hydrogen-bond donors (Lipinski definition) is 6. The molecule has 2 aromatic rings. The van der Waals surface area contributed by atoms with E-state index in [1.54, 1.807) is 24.7 Å². The van der Waals surface area contributed by atoms with Crippen molar-refractivity contribution in [2.24, 2.45) is 28.7 Å². The van der Waals surface area contributed by atoms with Gasteiger partial charge in [-0.25, -0.2) is 8.78 Å². The van der Waals surface area contributed by atoms with Crippen LogP contribution >= 0.6 is 0 Å². The first-order valence-corrected chi connectivity index (χ1v) is 34.2. The van der Waals surface area contributed by atoms with Gasteiger partial charge in [0.2, 0.25) is 0 Å². The van der Waals surface area contributed by atoms with Crippen LogP contribution in [0.3, 0.4) is 0 Å². The van der Waals surface area contributed by atoms with Crippen LogP contribution in [0.4, 0.5) is 35.1 Å². The number of nitrogens with one attached hydrogen (secondary N) is 6. The van der Waals surface area contributed by atoms with Gasteiger partial charge in [-0.05, 0) is 152 Å². The Hall–Kier alpha value is -4.57. The van der Waals surface area contributed by atoms with E-state index in [1.807, 2.05) is 25.1 Å². The minimum absolute atomic E-state index is 0.00582. The summed E-state index contributed by atoms with van der Waals surface area (Å²) in [7, 11) is 1.85. The van der Waals surface area contributed by atoms with E-state index in [4.69, 9.17) is 9.73 Å². The second-order valence-corrected chi connectivity index (χ2v) is 27.3. The highest BCUT2D eigenvalue weighted by atomic mass is 19.4. The van der Waals surface area contributed by atoms with Crippen molar-refractivity contribution >= 4 is 6.21 Å². The first-order chi connectivity index (χ1) is 43.1. The predicted molar refractivity (Wildman–Crippen MR) is 355 cm³/mol. The molecule has 1 saturated carbocycles. The average molecular weight is 1290 g/mol. The van der Waals surface area contributed by atoms with Crippen LogP contribution in [-0.4, -0.2) is 145 Å². The van der Waals surface area contributed by atoms with Crippen LogP contribution in [-0.2, 0) is 29.9 Å². The molecule has 0 bridgehead atoms. The summed E-state index contributed by atoms with van der Waals surface area (Å²) in [5.41, 5.74) is 0.519. The third kappa shape index (κ3) is 21.7. The molecule has 12 atom stereocenters. The Kier molecular flexibility index (Phi) is 29.2. The Labute approximate surface area is 541 Å². The lowest BCUT2D eigenvalue weighted by Gasteiger charge is -2.60. The molecule has 6 N–H and O–H groups in total. The molecular formula is C71H113F8N11O. The topological polar surface area (TPSA) is 107 Å². The van der Waals surface area contributed by atoms with E-state index in [0.717, 1.165) is 120 Å². The van der Waals surface area contributed by atoms with Crippen LogP contribution in [0, 0.1) is 35.3 Å². The first-order valence-electron chi connectivity index (χ1n) is 34.2. The van der Waals surface area contributed by atoms with E-state index in [-0.39, 0.29) is 54.2 Å². The normalized spacial score (nSPS) is 27.9. The number of likely N-dealkylation sites (N-methyl/N-ethyl adjacent to an activating group) is 1. The first kappa shape index (κ1) is 75.5. The van der Waals surface area contributed by atoms with Gasteiger partial charge >= 0.3 is 12.4 Å². The predicted octanol–water partition coefficient (Wildman–Crippen LogP) is 14.0. The molecule has 6 rings (SSSR count). The zero-order valence-corrected chi connectivity index (χ0v) is 57.2. The molecule has 514 valence electrons. The Morgan fingerprint density at radius 3 is 2.05 bits per heavy atom. The molecule has 20 heteroatoms. The fourth-order valence-electron chi connectivity index (χ4n) is 14.3. The molecule has 0 radical (unpaired) electrons. The molecule has 2 saturated heterocycles. The molecule has 3 fully saturated rings. The van der Waals surface area contributed by atoms with Gasteiger partial charge in [-0.1, -0.05) is 86.3 Å². The molecule has 2 aromatic carbocycles. The van der Waals surface area contributed by atoms with Gasteiger partial charge in [-0.15, -0.1) is 0 Å². The average Bonchev–Trinajstić information content (AvgIpc) is 1.86. The highest BCUT2D eigenvalue weighted by Gasteiger charge is 2.50. The van der Waals surface area contributed by atoms with Gasteiger partial charge in [0.15, 0.2) is 6.23 Å². The molecule has 4 aliphatic rings. The van der Waals surface area contributed by atoms with Crippen LogP contribution in [0.25, 0.3) is 0 Å². The lowest BCUT2D eigenvalue weighted by atomic mass is 9.76. The molecule has 91 heavy (non-hydrogen) atoms. The zero-order valence-electron chi connectivity index (χ0n) is 57.2. The van der Waals surface area contributed by atoms with E-state index in [1.165, 1.54) is 17.8 Å². The summed E-state index contributed by atoms with van der Waals surface area (Å²) >= 11 is 0. The van der Waals surface area contributed by atoms with E-state index in [9.17, 15) is 35.1 Å². The highest BCUT2D eigenvalue weighted by Crippen LogP contribution is 2.40. The standard InChI is InChI=1S/C71H113F8N11O/c1-15-48(7)64-41-85-63(36-47(5)6)52(11)83-42-65-51(10)54(13)90(65)68(49(8)16-2)53(12)86-69(30-19-20-31-69)46-80-43-66(91-18-4)82-32-29-58(28-25-56-38-61(72)67(62(73)39-56)71(77,78)79)81-33-35-87(14)44-60(37-55-23-26-57(27-24-55)70(74,75)76)88(17-3)45-59-22-21-34-89(59)50(9)40-84-64/h23-24,26-27,29,32-33,35,38-39,44-45,47-54,63-66,68,80-81,83-86H,15-22,25,28,30-31,34,36-37,40-43,46H2,1-14H3/t48-,49-,50-,51+,52?,53?,54?,63-,64+,65?,66+,68-/m0/s1. The van der Waals surface area contributed by atoms with Gasteiger partial charge in [-0.3, -0.25) is 9.89 Å². The zero-order chi connectivity index (χ0) is 66.8. The fourth-order valence-corrected chi connectivity index (χ4v) is 14.3. The van der Waals surface area contributed by atoms with Crippen molar-refractivity contribution in [2.75, 3.05) is 59.5 Å². The molecule has 1 spiro atoms. The largest absolute Gasteiger partial charge is 0.422 e. The molecular weight excluding hydrogens is 1170 g/mol. The molecule has 0 aromatic heterocycles. The van der Waals surface area contributed by atoms with Gasteiger partial charge in [0.05, 0.1) is 5.56 Å². The minimum atomic E-state index is -5.20. The molecule has 12 nitrogen and oxygen atoms in total. The summed E-state index contributed by atoms with van der Waals surface area (Å²) in [6.45, 7) is 35.4. The van der Waals surface area contributed by atoms with Gasteiger partial charge < -0.3 is 51.3 Å². The lowest BCUT2D eigenvalue weighted by Crippen LogP contribution is -2.73. The number of ether oxygens (including phenoxy) is 1. The van der Waals surface area contributed by atoms with Gasteiger partial charge in [0, 0.05) is 168 Å². The number of nitrogens with zero attached hydrogens (tertiary/aromatic N) is 5. The number of halogens is 8. The van der Waals surface area contributed by atoms with Crippen molar-refractivity contribution in [3.05, 3.63) is 118 Å². The maximum atomic E-state index is 14.9. The summed E-state index contributed by atoms with van der Waals surface area (Å²) in [5, 5.41) is 23.6. The Balaban J connectivity index is 1.37. The third-order valence-electron chi connectivity index (χ3n) is 20.1. The fraction of sp³-hybridized carbons (Fsp3) is 0.704. The van der Waals surface area contributed by atoms with Gasteiger partial charge in [-0.2, -0.15) is 26.3 Å². The van der Waals surface area contributed by atoms with E-state index >= 15 is 0 Å². The summed E-state index contributed by atoms with van der Waals surface area (Å²) in [4.78, 5) is 14.2. The van der Waals surface area contributed by atoms with E-state index in [2.05, 4.69) is 136 Å². The summed E-state index contributed by atoms with van der Waals surface area (Å²) in [6, 6.07) is 8.97. The van der Waals surface area contributed by atoms with E-state index < -0.39 is 41.3 Å². The number of rotatable bonds is 14. The monoisotopic (exact) mass is 1290 g/mol. The number of allylic oxidation sites excluding steroid dienone is 4. The summed E-state index contributed by atoms with van der Waals surface area (Å²) in [5.74, 6) is -1.44. The van der Waals surface area contributed by atoms with Crippen LogP contribution < -0.4 is 31.9 Å². The van der Waals surface area contributed by atoms with Crippen molar-refractivity contribution in [1.29, 1.82) is 0 Å². The third-order valence-corrected chi connectivity index (χ3v) is 20.1. The smallest absolute Gasteiger partial charge is 0.370 e. The van der Waals surface area contributed by atoms with Crippen LogP contribution in [0.1, 0.15) is 176 Å². The van der Waals surface area contributed by atoms with Gasteiger partial charge in [0.1, 0.15) is 17.2 Å². The number of aryl methyl sites for hydroxylation is 1.